The summed E-state index contributed by atoms with van der Waals surface area (Å²) in [5.74, 6) is 1.58. The van der Waals surface area contributed by atoms with Crippen molar-refractivity contribution in [3.05, 3.63) is 0 Å². The van der Waals surface area contributed by atoms with Gasteiger partial charge in [0.05, 0.1) is 0 Å². The number of nitrogens with zero attached hydrogens (tertiary/aromatic N) is 2. The van der Waals surface area contributed by atoms with Crippen LogP contribution in [0.15, 0.2) is 4.99 Å². The molecule has 1 saturated heterocycles. The topological polar surface area (TPSA) is 39.7 Å². The predicted molar refractivity (Wildman–Crippen MR) is 88.3 cm³/mol. The van der Waals surface area contributed by atoms with Crippen LogP contribution >= 0.6 is 0 Å². The lowest BCUT2D eigenvalue weighted by atomic mass is 10.0. The Morgan fingerprint density at radius 1 is 1.30 bits per heavy atom. The van der Waals surface area contributed by atoms with Gasteiger partial charge in [0.2, 0.25) is 0 Å². The molecule has 0 aromatic rings. The van der Waals surface area contributed by atoms with Gasteiger partial charge < -0.3 is 15.5 Å². The summed E-state index contributed by atoms with van der Waals surface area (Å²) in [7, 11) is 0. The lowest BCUT2D eigenvalue weighted by molar-refractivity contribution is 0.159. The highest BCUT2D eigenvalue weighted by atomic mass is 15.2. The first-order valence-electron chi connectivity index (χ1n) is 8.39. The smallest absolute Gasteiger partial charge is 0.191 e. The predicted octanol–water partition coefficient (Wildman–Crippen LogP) is 2.46. The van der Waals surface area contributed by atoms with Crippen molar-refractivity contribution < 1.29 is 0 Å². The van der Waals surface area contributed by atoms with E-state index in [4.69, 9.17) is 0 Å². The number of hydrogen-bond donors (Lipinski definition) is 2. The molecular weight excluding hydrogens is 248 g/mol. The molecule has 0 amide bonds. The molecule has 1 fully saturated rings. The molecule has 0 bridgehead atoms. The molecule has 4 nitrogen and oxygen atoms in total. The van der Waals surface area contributed by atoms with Gasteiger partial charge in [0.25, 0.3) is 0 Å². The van der Waals surface area contributed by atoms with Crippen LogP contribution in [0.1, 0.15) is 53.4 Å². The minimum Gasteiger partial charge on any atom is -0.357 e. The third-order valence-electron chi connectivity index (χ3n) is 3.81. The highest BCUT2D eigenvalue weighted by molar-refractivity contribution is 5.79. The Morgan fingerprint density at radius 2 is 2.10 bits per heavy atom. The van der Waals surface area contributed by atoms with Gasteiger partial charge in [0.15, 0.2) is 5.96 Å². The Bertz CT molecular complexity index is 276. The van der Waals surface area contributed by atoms with Crippen molar-refractivity contribution in [1.29, 1.82) is 0 Å². The maximum atomic E-state index is 4.59. The van der Waals surface area contributed by atoms with Crippen LogP contribution in [0.3, 0.4) is 0 Å². The molecule has 0 aromatic heterocycles. The number of hydrogen-bond acceptors (Lipinski definition) is 2. The Morgan fingerprint density at radius 3 is 2.75 bits per heavy atom. The van der Waals surface area contributed by atoms with E-state index >= 15 is 0 Å². The zero-order valence-corrected chi connectivity index (χ0v) is 13.9. The molecule has 1 aliphatic rings. The Labute approximate surface area is 125 Å². The van der Waals surface area contributed by atoms with Crippen LogP contribution in [0, 0.1) is 5.92 Å². The van der Waals surface area contributed by atoms with Gasteiger partial charge in [0.1, 0.15) is 0 Å². The van der Waals surface area contributed by atoms with Crippen LogP contribution in [-0.4, -0.2) is 49.6 Å². The molecule has 0 saturated carbocycles. The molecule has 20 heavy (non-hydrogen) atoms. The van der Waals surface area contributed by atoms with Crippen molar-refractivity contribution in [3.63, 3.8) is 0 Å². The number of likely N-dealkylation sites (tertiary alicyclic amines) is 1. The summed E-state index contributed by atoms with van der Waals surface area (Å²) in [6.45, 7) is 14.2. The second kappa shape index (κ2) is 10.0. The SMILES string of the molecule is CCNC(=NCC(C)C)NCCCN1CCCCC1C. The highest BCUT2D eigenvalue weighted by Crippen LogP contribution is 2.15. The number of piperidine rings is 1. The number of rotatable bonds is 7. The fourth-order valence-corrected chi connectivity index (χ4v) is 2.59. The summed E-state index contributed by atoms with van der Waals surface area (Å²) in [6.07, 6.45) is 5.33. The molecule has 1 unspecified atom stereocenters. The lowest BCUT2D eigenvalue weighted by Gasteiger charge is -2.33. The average Bonchev–Trinajstić information content (AvgIpc) is 2.42. The molecule has 1 heterocycles. The van der Waals surface area contributed by atoms with Gasteiger partial charge in [-0.05, 0) is 45.6 Å². The Hall–Kier alpha value is -0.770. The van der Waals surface area contributed by atoms with Crippen molar-refractivity contribution >= 4 is 5.96 Å². The van der Waals surface area contributed by atoms with Gasteiger partial charge in [-0.15, -0.1) is 0 Å². The molecule has 1 aliphatic heterocycles. The fourth-order valence-electron chi connectivity index (χ4n) is 2.59. The van der Waals surface area contributed by atoms with E-state index in [9.17, 15) is 0 Å². The zero-order chi connectivity index (χ0) is 14.8. The van der Waals surface area contributed by atoms with Gasteiger partial charge in [-0.3, -0.25) is 4.99 Å². The molecule has 2 N–H and O–H groups in total. The molecule has 0 aromatic carbocycles. The molecule has 0 radical (unpaired) electrons. The number of aliphatic imine (C=N–C) groups is 1. The minimum absolute atomic E-state index is 0.611. The molecule has 1 atom stereocenters. The molecule has 118 valence electrons. The van der Waals surface area contributed by atoms with Crippen LogP contribution in [-0.2, 0) is 0 Å². The maximum absolute atomic E-state index is 4.59. The van der Waals surface area contributed by atoms with Gasteiger partial charge in [-0.1, -0.05) is 20.3 Å². The van der Waals surface area contributed by atoms with E-state index in [0.29, 0.717) is 5.92 Å². The fraction of sp³-hybridized carbons (Fsp3) is 0.938. The molecule has 0 spiro atoms. The average molecular weight is 282 g/mol. The first-order chi connectivity index (χ1) is 9.63. The van der Waals surface area contributed by atoms with Crippen LogP contribution in [0.25, 0.3) is 0 Å². The van der Waals surface area contributed by atoms with Gasteiger partial charge in [-0.25, -0.2) is 0 Å². The molecule has 4 heteroatoms. The lowest BCUT2D eigenvalue weighted by Crippen LogP contribution is -2.41. The van der Waals surface area contributed by atoms with E-state index in [1.807, 2.05) is 0 Å². The van der Waals surface area contributed by atoms with Crippen LogP contribution in [0.4, 0.5) is 0 Å². The normalized spacial score (nSPS) is 21.2. The van der Waals surface area contributed by atoms with E-state index in [1.165, 1.54) is 38.8 Å². The quantitative estimate of drug-likeness (QED) is 0.428. The maximum Gasteiger partial charge on any atom is 0.191 e. The van der Waals surface area contributed by atoms with Crippen molar-refractivity contribution in [2.24, 2.45) is 10.9 Å². The van der Waals surface area contributed by atoms with E-state index in [1.54, 1.807) is 0 Å². The first kappa shape index (κ1) is 17.3. The summed E-state index contributed by atoms with van der Waals surface area (Å²) in [5, 5.41) is 6.75. The largest absolute Gasteiger partial charge is 0.357 e. The van der Waals surface area contributed by atoms with E-state index in [-0.39, 0.29) is 0 Å². The molecular formula is C16H34N4. The van der Waals surface area contributed by atoms with E-state index in [2.05, 4.69) is 48.2 Å². The summed E-state index contributed by atoms with van der Waals surface area (Å²) in [4.78, 5) is 7.22. The second-order valence-corrected chi connectivity index (χ2v) is 6.27. The van der Waals surface area contributed by atoms with Crippen molar-refractivity contribution in [3.8, 4) is 0 Å². The van der Waals surface area contributed by atoms with E-state index in [0.717, 1.165) is 31.6 Å². The standard InChI is InChI=1S/C16H34N4/c1-5-17-16(19-13-14(2)3)18-10-8-12-20-11-7-6-9-15(20)4/h14-15H,5-13H2,1-4H3,(H2,17,18,19). The van der Waals surface area contributed by atoms with Crippen LogP contribution in [0.2, 0.25) is 0 Å². The van der Waals surface area contributed by atoms with E-state index < -0.39 is 0 Å². The number of guanidine groups is 1. The van der Waals surface area contributed by atoms with Gasteiger partial charge >= 0.3 is 0 Å². The monoisotopic (exact) mass is 282 g/mol. The van der Waals surface area contributed by atoms with Crippen molar-refractivity contribution in [1.82, 2.24) is 15.5 Å². The summed E-state index contributed by atoms with van der Waals surface area (Å²) >= 11 is 0. The molecule has 1 rings (SSSR count). The third kappa shape index (κ3) is 7.13. The number of nitrogens with one attached hydrogen (secondary N) is 2. The Kier molecular flexibility index (Phi) is 8.67. The van der Waals surface area contributed by atoms with Crippen molar-refractivity contribution in [2.75, 3.05) is 32.7 Å². The Balaban J connectivity index is 2.21. The molecule has 0 aliphatic carbocycles. The minimum atomic E-state index is 0.611. The van der Waals surface area contributed by atoms with Gasteiger partial charge in [0, 0.05) is 32.2 Å². The van der Waals surface area contributed by atoms with Gasteiger partial charge in [-0.2, -0.15) is 0 Å². The van der Waals surface area contributed by atoms with Crippen molar-refractivity contribution in [2.45, 2.75) is 59.4 Å². The zero-order valence-electron chi connectivity index (χ0n) is 13.9. The highest BCUT2D eigenvalue weighted by Gasteiger charge is 2.16. The summed E-state index contributed by atoms with van der Waals surface area (Å²) in [5.41, 5.74) is 0. The first-order valence-corrected chi connectivity index (χ1v) is 8.39. The second-order valence-electron chi connectivity index (χ2n) is 6.27. The van der Waals surface area contributed by atoms with Crippen LogP contribution in [0.5, 0.6) is 0 Å². The third-order valence-corrected chi connectivity index (χ3v) is 3.81. The van der Waals surface area contributed by atoms with Crippen LogP contribution < -0.4 is 10.6 Å². The summed E-state index contributed by atoms with van der Waals surface area (Å²) < 4.78 is 0. The summed E-state index contributed by atoms with van der Waals surface area (Å²) in [6, 6.07) is 0.770.